The summed E-state index contributed by atoms with van der Waals surface area (Å²) in [5.74, 6) is 0.117. The van der Waals surface area contributed by atoms with Crippen molar-refractivity contribution in [2.24, 2.45) is 0 Å². The first-order valence-corrected chi connectivity index (χ1v) is 9.23. The summed E-state index contributed by atoms with van der Waals surface area (Å²) in [6, 6.07) is 15.9. The Morgan fingerprint density at radius 1 is 0.846 bits per heavy atom. The van der Waals surface area contributed by atoms with Gasteiger partial charge in [0.25, 0.3) is 0 Å². The number of amides is 1. The third kappa shape index (κ3) is 4.31. The fraction of sp³-hybridized carbons (Fsp3) is 0.364. The first-order chi connectivity index (χ1) is 12.5. The number of benzene rings is 2. The van der Waals surface area contributed by atoms with Gasteiger partial charge in [0.1, 0.15) is 0 Å². The number of rotatable bonds is 5. The molecule has 0 saturated carbocycles. The number of aryl methyl sites for hydroxylation is 2. The molecular formula is C22H26N2O2. The quantitative estimate of drug-likeness (QED) is 0.774. The van der Waals surface area contributed by atoms with Crippen LogP contribution in [0.25, 0.3) is 0 Å². The van der Waals surface area contributed by atoms with Crippen LogP contribution in [0.3, 0.4) is 0 Å². The topological polar surface area (TPSA) is 40.6 Å². The van der Waals surface area contributed by atoms with Crippen LogP contribution in [0.5, 0.6) is 0 Å². The van der Waals surface area contributed by atoms with Gasteiger partial charge in [-0.25, -0.2) is 0 Å². The Kier molecular flexibility index (Phi) is 5.71. The van der Waals surface area contributed by atoms with Crippen molar-refractivity contribution < 1.29 is 9.59 Å². The summed E-state index contributed by atoms with van der Waals surface area (Å²) in [5, 5.41) is 0. The molecule has 1 heterocycles. The second-order valence-corrected chi connectivity index (χ2v) is 6.94. The third-order valence-corrected chi connectivity index (χ3v) is 5.03. The second kappa shape index (κ2) is 8.17. The lowest BCUT2D eigenvalue weighted by Gasteiger charge is -2.36. The smallest absolute Gasteiger partial charge is 0.223 e. The van der Waals surface area contributed by atoms with Crippen molar-refractivity contribution in [1.29, 1.82) is 0 Å². The first-order valence-electron chi connectivity index (χ1n) is 9.23. The molecular weight excluding hydrogens is 324 g/mol. The fourth-order valence-electron chi connectivity index (χ4n) is 3.38. The molecule has 4 heteroatoms. The van der Waals surface area contributed by atoms with E-state index in [0.717, 1.165) is 18.7 Å². The van der Waals surface area contributed by atoms with E-state index in [1.807, 2.05) is 42.2 Å². The molecule has 1 aliphatic rings. The van der Waals surface area contributed by atoms with Crippen molar-refractivity contribution in [3.8, 4) is 0 Å². The van der Waals surface area contributed by atoms with Crippen LogP contribution in [0.2, 0.25) is 0 Å². The van der Waals surface area contributed by atoms with E-state index in [-0.39, 0.29) is 24.5 Å². The number of hydrogen-bond acceptors (Lipinski definition) is 3. The van der Waals surface area contributed by atoms with E-state index in [1.54, 1.807) is 0 Å². The molecule has 26 heavy (non-hydrogen) atoms. The lowest BCUT2D eigenvalue weighted by Crippen LogP contribution is -2.49. The highest BCUT2D eigenvalue weighted by Gasteiger charge is 2.22. The number of Topliss-reactive ketones (excluding diaryl/α,β-unsaturated/α-hetero) is 1. The van der Waals surface area contributed by atoms with Crippen LogP contribution in [0, 0.1) is 13.8 Å². The summed E-state index contributed by atoms with van der Waals surface area (Å²) in [6.45, 7) is 7.21. The van der Waals surface area contributed by atoms with E-state index in [1.165, 1.54) is 11.3 Å². The zero-order valence-corrected chi connectivity index (χ0v) is 15.6. The normalized spacial score (nSPS) is 14.4. The molecule has 0 atom stereocenters. The standard InChI is InChI=1S/C22H26N2O2/c1-17-7-9-19(10-8-17)21(25)11-12-22(26)24-15-13-23(14-16-24)20-6-4-3-5-18(20)2/h3-10H,11-16H2,1-2H3. The van der Waals surface area contributed by atoms with Gasteiger partial charge in [-0.1, -0.05) is 48.0 Å². The number of para-hydroxylation sites is 1. The van der Waals surface area contributed by atoms with E-state index >= 15 is 0 Å². The second-order valence-electron chi connectivity index (χ2n) is 6.94. The number of carbonyl (C=O) groups is 2. The zero-order chi connectivity index (χ0) is 18.5. The Bertz CT molecular complexity index is 775. The van der Waals surface area contributed by atoms with E-state index in [9.17, 15) is 9.59 Å². The number of hydrogen-bond donors (Lipinski definition) is 0. The summed E-state index contributed by atoms with van der Waals surface area (Å²) < 4.78 is 0. The van der Waals surface area contributed by atoms with Crippen molar-refractivity contribution in [3.05, 3.63) is 65.2 Å². The maximum atomic E-state index is 12.5. The third-order valence-electron chi connectivity index (χ3n) is 5.03. The summed E-state index contributed by atoms with van der Waals surface area (Å²) in [5.41, 5.74) is 4.32. The molecule has 0 N–H and O–H groups in total. The van der Waals surface area contributed by atoms with E-state index in [4.69, 9.17) is 0 Å². The molecule has 2 aromatic rings. The zero-order valence-electron chi connectivity index (χ0n) is 15.6. The minimum absolute atomic E-state index is 0.0388. The minimum atomic E-state index is 0.0388. The molecule has 3 rings (SSSR count). The van der Waals surface area contributed by atoms with Crippen molar-refractivity contribution in [1.82, 2.24) is 4.90 Å². The summed E-state index contributed by atoms with van der Waals surface area (Å²) >= 11 is 0. The van der Waals surface area contributed by atoms with Crippen molar-refractivity contribution in [2.75, 3.05) is 31.1 Å². The molecule has 0 aliphatic carbocycles. The van der Waals surface area contributed by atoms with Gasteiger partial charge in [-0.2, -0.15) is 0 Å². The molecule has 1 saturated heterocycles. The van der Waals surface area contributed by atoms with Gasteiger partial charge in [-0.05, 0) is 25.5 Å². The van der Waals surface area contributed by atoms with Crippen LogP contribution in [0.4, 0.5) is 5.69 Å². The van der Waals surface area contributed by atoms with E-state index in [2.05, 4.69) is 30.0 Å². The Labute approximate surface area is 155 Å². The Morgan fingerprint density at radius 3 is 2.15 bits per heavy atom. The monoisotopic (exact) mass is 350 g/mol. The Morgan fingerprint density at radius 2 is 1.50 bits per heavy atom. The molecule has 0 unspecified atom stereocenters. The van der Waals surface area contributed by atoms with Crippen LogP contribution < -0.4 is 4.90 Å². The number of nitrogens with zero attached hydrogens (tertiary/aromatic N) is 2. The fourth-order valence-corrected chi connectivity index (χ4v) is 3.38. The van der Waals surface area contributed by atoms with Gasteiger partial charge in [-0.15, -0.1) is 0 Å². The number of carbonyl (C=O) groups excluding carboxylic acids is 2. The van der Waals surface area contributed by atoms with Gasteiger partial charge >= 0.3 is 0 Å². The van der Waals surface area contributed by atoms with Gasteiger partial charge in [0.15, 0.2) is 5.78 Å². The van der Waals surface area contributed by atoms with Crippen LogP contribution in [0.1, 0.15) is 34.3 Å². The van der Waals surface area contributed by atoms with Gasteiger partial charge in [0.2, 0.25) is 5.91 Å². The van der Waals surface area contributed by atoms with E-state index in [0.29, 0.717) is 18.7 Å². The molecule has 0 spiro atoms. The predicted octanol–water partition coefficient (Wildman–Crippen LogP) is 3.62. The summed E-state index contributed by atoms with van der Waals surface area (Å²) in [7, 11) is 0. The summed E-state index contributed by atoms with van der Waals surface area (Å²) in [4.78, 5) is 28.9. The van der Waals surface area contributed by atoms with Crippen LogP contribution in [0.15, 0.2) is 48.5 Å². The van der Waals surface area contributed by atoms with Crippen LogP contribution in [-0.4, -0.2) is 42.8 Å². The van der Waals surface area contributed by atoms with Crippen molar-refractivity contribution >= 4 is 17.4 Å². The number of piperazine rings is 1. The Hall–Kier alpha value is -2.62. The average molecular weight is 350 g/mol. The lowest BCUT2D eigenvalue weighted by molar-refractivity contribution is -0.131. The molecule has 0 aromatic heterocycles. The molecule has 1 fully saturated rings. The average Bonchev–Trinajstić information content (AvgIpc) is 2.67. The highest BCUT2D eigenvalue weighted by atomic mass is 16.2. The highest BCUT2D eigenvalue weighted by Crippen LogP contribution is 2.21. The largest absolute Gasteiger partial charge is 0.368 e. The predicted molar refractivity (Wildman–Crippen MR) is 105 cm³/mol. The van der Waals surface area contributed by atoms with Gasteiger partial charge < -0.3 is 9.80 Å². The molecule has 4 nitrogen and oxygen atoms in total. The number of ketones is 1. The first kappa shape index (κ1) is 18.2. The molecule has 2 aromatic carbocycles. The van der Waals surface area contributed by atoms with Crippen molar-refractivity contribution in [3.63, 3.8) is 0 Å². The van der Waals surface area contributed by atoms with E-state index < -0.39 is 0 Å². The van der Waals surface area contributed by atoms with Crippen molar-refractivity contribution in [2.45, 2.75) is 26.7 Å². The van der Waals surface area contributed by atoms with Gasteiger partial charge in [-0.3, -0.25) is 9.59 Å². The molecule has 0 radical (unpaired) electrons. The van der Waals surface area contributed by atoms with Crippen LogP contribution >= 0.6 is 0 Å². The SMILES string of the molecule is Cc1ccc(C(=O)CCC(=O)N2CCN(c3ccccc3C)CC2)cc1. The maximum Gasteiger partial charge on any atom is 0.223 e. The number of anilines is 1. The minimum Gasteiger partial charge on any atom is -0.368 e. The molecule has 136 valence electrons. The van der Waals surface area contributed by atoms with Crippen LogP contribution in [-0.2, 0) is 4.79 Å². The molecule has 1 amide bonds. The maximum absolute atomic E-state index is 12.5. The van der Waals surface area contributed by atoms with Gasteiger partial charge in [0, 0.05) is 50.3 Å². The molecule has 0 bridgehead atoms. The van der Waals surface area contributed by atoms with Gasteiger partial charge in [0.05, 0.1) is 0 Å². The lowest BCUT2D eigenvalue weighted by atomic mass is 10.0. The summed E-state index contributed by atoms with van der Waals surface area (Å²) in [6.07, 6.45) is 0.566. The Balaban J connectivity index is 1.48. The molecule has 1 aliphatic heterocycles. The highest BCUT2D eigenvalue weighted by molar-refractivity contribution is 5.98.